The molecule has 5 heteroatoms. The number of hydrogen-bond donors (Lipinski definition) is 2. The quantitative estimate of drug-likeness (QED) is 0.755. The predicted octanol–water partition coefficient (Wildman–Crippen LogP) is 1.46. The summed E-state index contributed by atoms with van der Waals surface area (Å²) in [7, 11) is 0. The van der Waals surface area contributed by atoms with Gasteiger partial charge in [-0.25, -0.2) is 0 Å². The van der Waals surface area contributed by atoms with Crippen LogP contribution in [0.15, 0.2) is 0 Å². The summed E-state index contributed by atoms with van der Waals surface area (Å²) >= 11 is 0. The molecule has 0 aliphatic rings. The highest BCUT2D eigenvalue weighted by Gasteiger charge is 2.38. The highest BCUT2D eigenvalue weighted by molar-refractivity contribution is 5.83. The molecular formula is C13H26N2O3. The zero-order valence-corrected chi connectivity index (χ0v) is 12.1. The van der Waals surface area contributed by atoms with Crippen molar-refractivity contribution in [3.05, 3.63) is 0 Å². The van der Waals surface area contributed by atoms with E-state index in [-0.39, 0.29) is 25.4 Å². The molecule has 0 fully saturated rings. The molecule has 0 rings (SSSR count). The molecule has 0 aromatic carbocycles. The number of carboxylic acids is 1. The van der Waals surface area contributed by atoms with E-state index < -0.39 is 16.9 Å². The second-order valence-electron chi connectivity index (χ2n) is 5.89. The highest BCUT2D eigenvalue weighted by atomic mass is 16.4. The number of carbonyl (C=O) groups excluding carboxylic acids is 1. The molecule has 1 amide bonds. The second-order valence-corrected chi connectivity index (χ2v) is 5.89. The summed E-state index contributed by atoms with van der Waals surface area (Å²) in [5.74, 6) is -0.968. The van der Waals surface area contributed by atoms with Gasteiger partial charge in [0.05, 0.1) is 11.8 Å². The Bertz CT molecular complexity index is 304. The number of rotatable bonds is 6. The van der Waals surface area contributed by atoms with Gasteiger partial charge in [0, 0.05) is 18.6 Å². The number of aliphatic carboxylic acids is 1. The first kappa shape index (κ1) is 16.9. The van der Waals surface area contributed by atoms with Gasteiger partial charge in [-0.05, 0) is 34.1 Å². The molecule has 1 unspecified atom stereocenters. The van der Waals surface area contributed by atoms with E-state index in [1.54, 1.807) is 4.90 Å². The Labute approximate surface area is 109 Å². The molecule has 0 aromatic heterocycles. The van der Waals surface area contributed by atoms with E-state index >= 15 is 0 Å². The van der Waals surface area contributed by atoms with Crippen molar-refractivity contribution in [2.24, 2.45) is 11.1 Å². The van der Waals surface area contributed by atoms with Gasteiger partial charge < -0.3 is 15.7 Å². The Morgan fingerprint density at radius 3 is 2.00 bits per heavy atom. The fourth-order valence-corrected chi connectivity index (χ4v) is 1.66. The van der Waals surface area contributed by atoms with Gasteiger partial charge >= 0.3 is 5.97 Å². The average molecular weight is 258 g/mol. The predicted molar refractivity (Wildman–Crippen MR) is 71.2 cm³/mol. The van der Waals surface area contributed by atoms with Crippen LogP contribution >= 0.6 is 0 Å². The summed E-state index contributed by atoms with van der Waals surface area (Å²) in [5.41, 5.74) is 4.67. The van der Waals surface area contributed by atoms with Crippen LogP contribution in [0.4, 0.5) is 0 Å². The SMILES string of the molecule is CCC(C)(CN)C(=O)N(CCC(=O)O)C(C)(C)C. The summed E-state index contributed by atoms with van der Waals surface area (Å²) in [6.45, 7) is 9.94. The number of nitrogens with two attached hydrogens (primary N) is 1. The molecule has 106 valence electrons. The van der Waals surface area contributed by atoms with Crippen LogP contribution in [0.1, 0.15) is 47.5 Å². The summed E-state index contributed by atoms with van der Waals surface area (Å²) in [6.07, 6.45) is 0.593. The average Bonchev–Trinajstić information content (AvgIpc) is 2.25. The van der Waals surface area contributed by atoms with Crippen molar-refractivity contribution < 1.29 is 14.7 Å². The Morgan fingerprint density at radius 1 is 1.22 bits per heavy atom. The van der Waals surface area contributed by atoms with Crippen LogP contribution in [0.3, 0.4) is 0 Å². The lowest BCUT2D eigenvalue weighted by molar-refractivity contribution is -0.147. The van der Waals surface area contributed by atoms with Crippen molar-refractivity contribution in [2.75, 3.05) is 13.1 Å². The van der Waals surface area contributed by atoms with E-state index in [0.29, 0.717) is 6.42 Å². The molecule has 0 spiro atoms. The zero-order chi connectivity index (χ0) is 14.6. The number of nitrogens with zero attached hydrogens (tertiary/aromatic N) is 1. The third-order valence-corrected chi connectivity index (χ3v) is 3.35. The largest absolute Gasteiger partial charge is 0.481 e. The molecule has 0 aliphatic heterocycles. The minimum Gasteiger partial charge on any atom is -0.481 e. The standard InChI is InChI=1S/C13H26N2O3/c1-6-13(5,9-14)11(18)15(12(2,3)4)8-7-10(16)17/h6-9,14H2,1-5H3,(H,16,17). The van der Waals surface area contributed by atoms with E-state index in [9.17, 15) is 9.59 Å². The van der Waals surface area contributed by atoms with Gasteiger partial charge in [-0.15, -0.1) is 0 Å². The van der Waals surface area contributed by atoms with Gasteiger partial charge in [-0.2, -0.15) is 0 Å². The van der Waals surface area contributed by atoms with Crippen LogP contribution in [0.5, 0.6) is 0 Å². The zero-order valence-electron chi connectivity index (χ0n) is 12.1. The van der Waals surface area contributed by atoms with E-state index in [2.05, 4.69) is 0 Å². The van der Waals surface area contributed by atoms with Crippen LogP contribution in [0, 0.1) is 5.41 Å². The van der Waals surface area contributed by atoms with Gasteiger partial charge in [0.25, 0.3) is 0 Å². The van der Waals surface area contributed by atoms with E-state index in [0.717, 1.165) is 0 Å². The molecule has 0 radical (unpaired) electrons. The van der Waals surface area contributed by atoms with Crippen LogP contribution in [0.25, 0.3) is 0 Å². The van der Waals surface area contributed by atoms with Crippen molar-refractivity contribution in [1.29, 1.82) is 0 Å². The Hall–Kier alpha value is -1.10. The van der Waals surface area contributed by atoms with Gasteiger partial charge in [0.1, 0.15) is 0 Å². The molecule has 0 aromatic rings. The molecular weight excluding hydrogens is 232 g/mol. The van der Waals surface area contributed by atoms with Crippen molar-refractivity contribution >= 4 is 11.9 Å². The number of carboxylic acid groups (broad SMARTS) is 1. The third kappa shape index (κ3) is 4.29. The molecule has 0 bridgehead atoms. The first-order chi connectivity index (χ1) is 8.08. The first-order valence-corrected chi connectivity index (χ1v) is 6.32. The molecule has 0 aliphatic carbocycles. The lowest BCUT2D eigenvalue weighted by atomic mass is 9.84. The topological polar surface area (TPSA) is 83.6 Å². The van der Waals surface area contributed by atoms with Crippen LogP contribution < -0.4 is 5.73 Å². The lowest BCUT2D eigenvalue weighted by Gasteiger charge is -2.41. The van der Waals surface area contributed by atoms with E-state index in [4.69, 9.17) is 10.8 Å². The van der Waals surface area contributed by atoms with E-state index in [1.165, 1.54) is 0 Å². The third-order valence-electron chi connectivity index (χ3n) is 3.35. The van der Waals surface area contributed by atoms with Gasteiger partial charge in [0.15, 0.2) is 0 Å². The van der Waals surface area contributed by atoms with E-state index in [1.807, 2.05) is 34.6 Å². The van der Waals surface area contributed by atoms with Crippen LogP contribution in [0.2, 0.25) is 0 Å². The second kappa shape index (κ2) is 6.18. The molecule has 0 heterocycles. The number of hydrogen-bond acceptors (Lipinski definition) is 3. The van der Waals surface area contributed by atoms with Crippen molar-refractivity contribution in [3.63, 3.8) is 0 Å². The highest BCUT2D eigenvalue weighted by Crippen LogP contribution is 2.27. The smallest absolute Gasteiger partial charge is 0.305 e. The molecule has 1 atom stereocenters. The maximum absolute atomic E-state index is 12.5. The molecule has 0 saturated heterocycles. The molecule has 5 nitrogen and oxygen atoms in total. The fraction of sp³-hybridized carbons (Fsp3) is 0.846. The first-order valence-electron chi connectivity index (χ1n) is 6.32. The van der Waals surface area contributed by atoms with Crippen molar-refractivity contribution in [2.45, 2.75) is 53.0 Å². The fourth-order valence-electron chi connectivity index (χ4n) is 1.66. The summed E-state index contributed by atoms with van der Waals surface area (Å²) in [6, 6.07) is 0. The lowest BCUT2D eigenvalue weighted by Crippen LogP contribution is -2.54. The van der Waals surface area contributed by atoms with Crippen LogP contribution in [-0.2, 0) is 9.59 Å². The monoisotopic (exact) mass is 258 g/mol. The maximum Gasteiger partial charge on any atom is 0.305 e. The van der Waals surface area contributed by atoms with Crippen molar-refractivity contribution in [3.8, 4) is 0 Å². The summed E-state index contributed by atoms with van der Waals surface area (Å²) in [4.78, 5) is 24.8. The summed E-state index contributed by atoms with van der Waals surface area (Å²) in [5, 5.41) is 8.76. The molecule has 3 N–H and O–H groups in total. The Morgan fingerprint density at radius 2 is 1.72 bits per heavy atom. The Kier molecular flexibility index (Phi) is 5.80. The Balaban J connectivity index is 5.08. The van der Waals surface area contributed by atoms with Gasteiger partial charge in [-0.3, -0.25) is 9.59 Å². The minimum atomic E-state index is -0.900. The van der Waals surface area contributed by atoms with Crippen molar-refractivity contribution in [1.82, 2.24) is 4.90 Å². The number of carbonyl (C=O) groups is 2. The molecule has 0 saturated carbocycles. The van der Waals surface area contributed by atoms with Gasteiger partial charge in [0.2, 0.25) is 5.91 Å². The molecule has 18 heavy (non-hydrogen) atoms. The minimum absolute atomic E-state index is 0.0482. The maximum atomic E-state index is 12.5. The van der Waals surface area contributed by atoms with Crippen LogP contribution in [-0.4, -0.2) is 40.5 Å². The normalized spacial score (nSPS) is 15.0. The number of amides is 1. The van der Waals surface area contributed by atoms with Gasteiger partial charge in [-0.1, -0.05) is 6.92 Å². The summed E-state index contributed by atoms with van der Waals surface area (Å²) < 4.78 is 0.